The lowest BCUT2D eigenvalue weighted by Crippen LogP contribution is -2.48. The second-order valence-corrected chi connectivity index (χ2v) is 6.99. The van der Waals surface area contributed by atoms with E-state index in [0.717, 1.165) is 11.3 Å². The zero-order chi connectivity index (χ0) is 15.5. The highest BCUT2D eigenvalue weighted by molar-refractivity contribution is 7.11. The van der Waals surface area contributed by atoms with Crippen molar-refractivity contribution >= 4 is 23.3 Å². The fourth-order valence-corrected chi connectivity index (χ4v) is 3.30. The summed E-state index contributed by atoms with van der Waals surface area (Å²) in [6.45, 7) is 5.40. The van der Waals surface area contributed by atoms with Crippen molar-refractivity contribution in [3.05, 3.63) is 21.9 Å². The highest BCUT2D eigenvalue weighted by atomic mass is 32.1. The minimum absolute atomic E-state index is 0.103. The topological polar surface area (TPSA) is 69.6 Å². The van der Waals surface area contributed by atoms with Crippen LogP contribution < -0.4 is 5.32 Å². The fraction of sp³-hybridized carbons (Fsp3) is 0.600. The maximum absolute atomic E-state index is 12.1. The molecule has 1 aliphatic rings. The van der Waals surface area contributed by atoms with Crippen molar-refractivity contribution in [1.29, 1.82) is 0 Å². The number of hydrogen-bond acceptors (Lipinski definition) is 3. The first-order chi connectivity index (χ1) is 9.94. The average Bonchev–Trinajstić information content (AvgIpc) is 2.93. The van der Waals surface area contributed by atoms with Crippen molar-refractivity contribution < 1.29 is 14.7 Å². The molecule has 0 radical (unpaired) electrons. The summed E-state index contributed by atoms with van der Waals surface area (Å²) in [6, 6.07) is 4.03. The molecule has 2 amide bonds. The molecule has 1 aliphatic heterocycles. The van der Waals surface area contributed by atoms with Crippen LogP contribution in [0.1, 0.15) is 36.4 Å². The molecule has 21 heavy (non-hydrogen) atoms. The Morgan fingerprint density at radius 1 is 1.33 bits per heavy atom. The number of likely N-dealkylation sites (tertiary alicyclic amines) is 1. The second-order valence-electron chi connectivity index (χ2n) is 5.73. The normalized spacial score (nSPS) is 17.5. The van der Waals surface area contributed by atoms with Gasteiger partial charge in [0.15, 0.2) is 0 Å². The van der Waals surface area contributed by atoms with Gasteiger partial charge < -0.3 is 15.3 Å². The van der Waals surface area contributed by atoms with Gasteiger partial charge in [-0.05, 0) is 38.3 Å². The number of thiophene rings is 1. The quantitative estimate of drug-likeness (QED) is 0.898. The van der Waals surface area contributed by atoms with Gasteiger partial charge in [0.25, 0.3) is 0 Å². The van der Waals surface area contributed by atoms with Crippen molar-refractivity contribution in [1.82, 2.24) is 10.2 Å². The molecule has 0 saturated carbocycles. The number of carboxylic acids is 1. The monoisotopic (exact) mass is 310 g/mol. The van der Waals surface area contributed by atoms with Crippen molar-refractivity contribution in [2.24, 2.45) is 5.41 Å². The zero-order valence-corrected chi connectivity index (χ0v) is 13.3. The first-order valence-electron chi connectivity index (χ1n) is 7.28. The van der Waals surface area contributed by atoms with Crippen molar-refractivity contribution in [2.45, 2.75) is 39.7 Å². The summed E-state index contributed by atoms with van der Waals surface area (Å²) in [4.78, 5) is 27.4. The molecule has 0 unspecified atom stereocenters. The molecule has 116 valence electrons. The number of amides is 2. The molecule has 0 spiro atoms. The van der Waals surface area contributed by atoms with Crippen LogP contribution in [0.15, 0.2) is 12.1 Å². The van der Waals surface area contributed by atoms with Gasteiger partial charge in [-0.3, -0.25) is 4.79 Å². The summed E-state index contributed by atoms with van der Waals surface area (Å²) in [7, 11) is 0. The summed E-state index contributed by atoms with van der Waals surface area (Å²) in [5, 5.41) is 12.1. The first kappa shape index (κ1) is 15.8. The predicted molar refractivity (Wildman–Crippen MR) is 82.5 cm³/mol. The van der Waals surface area contributed by atoms with E-state index in [0.29, 0.717) is 32.5 Å². The molecule has 2 rings (SSSR count). The number of piperidine rings is 1. The predicted octanol–water partition coefficient (Wildman–Crippen LogP) is 2.71. The smallest absolute Gasteiger partial charge is 0.317 e. The number of carboxylic acid groups (broad SMARTS) is 1. The van der Waals surface area contributed by atoms with Crippen molar-refractivity contribution in [3.63, 3.8) is 0 Å². The molecule has 2 N–H and O–H groups in total. The van der Waals surface area contributed by atoms with E-state index >= 15 is 0 Å². The summed E-state index contributed by atoms with van der Waals surface area (Å²) in [6.07, 6.45) is 2.03. The zero-order valence-electron chi connectivity index (χ0n) is 12.5. The van der Waals surface area contributed by atoms with Crippen LogP contribution in [0.25, 0.3) is 0 Å². The molecule has 0 aromatic carbocycles. The number of aliphatic carboxylic acids is 1. The molecule has 0 aliphatic carbocycles. The fourth-order valence-electron chi connectivity index (χ4n) is 2.40. The van der Waals surface area contributed by atoms with Crippen LogP contribution in [0.2, 0.25) is 0 Å². The summed E-state index contributed by atoms with van der Waals surface area (Å²) in [5.74, 6) is -0.770. The Hall–Kier alpha value is -1.56. The molecule has 1 aromatic rings. The minimum atomic E-state index is -0.770. The van der Waals surface area contributed by atoms with E-state index in [9.17, 15) is 14.7 Å². The minimum Gasteiger partial charge on any atom is -0.481 e. The molecule has 1 fully saturated rings. The van der Waals surface area contributed by atoms with Gasteiger partial charge >= 0.3 is 12.0 Å². The molecule has 1 saturated heterocycles. The van der Waals surface area contributed by atoms with E-state index in [4.69, 9.17) is 0 Å². The van der Waals surface area contributed by atoms with Crippen LogP contribution in [0.3, 0.4) is 0 Å². The van der Waals surface area contributed by atoms with Crippen molar-refractivity contribution in [2.75, 3.05) is 13.1 Å². The number of carbonyl (C=O) groups is 2. The number of nitrogens with one attached hydrogen (secondary N) is 1. The molecule has 5 nitrogen and oxygen atoms in total. The van der Waals surface area contributed by atoms with Crippen molar-refractivity contribution in [3.8, 4) is 0 Å². The van der Waals surface area contributed by atoms with E-state index in [-0.39, 0.29) is 6.03 Å². The van der Waals surface area contributed by atoms with E-state index in [1.54, 1.807) is 23.2 Å². The number of hydrogen-bond donors (Lipinski definition) is 2. The van der Waals surface area contributed by atoms with E-state index in [1.807, 2.05) is 6.07 Å². The number of urea groups is 1. The van der Waals surface area contributed by atoms with Crippen LogP contribution in [0.5, 0.6) is 0 Å². The van der Waals surface area contributed by atoms with Gasteiger partial charge in [0, 0.05) is 22.8 Å². The highest BCUT2D eigenvalue weighted by Crippen LogP contribution is 2.31. The molecule has 0 bridgehead atoms. The summed E-state index contributed by atoms with van der Waals surface area (Å²) in [5.41, 5.74) is -0.694. The largest absolute Gasteiger partial charge is 0.481 e. The average molecular weight is 310 g/mol. The Balaban J connectivity index is 1.81. The lowest BCUT2D eigenvalue weighted by Gasteiger charge is -2.36. The van der Waals surface area contributed by atoms with Crippen LogP contribution in [-0.2, 0) is 17.8 Å². The summed E-state index contributed by atoms with van der Waals surface area (Å²) >= 11 is 1.71. The maximum atomic E-state index is 12.1. The van der Waals surface area contributed by atoms with E-state index in [2.05, 4.69) is 18.3 Å². The maximum Gasteiger partial charge on any atom is 0.317 e. The van der Waals surface area contributed by atoms with Crippen LogP contribution >= 0.6 is 11.3 Å². The summed E-state index contributed by atoms with van der Waals surface area (Å²) < 4.78 is 0. The van der Waals surface area contributed by atoms with Gasteiger partial charge in [0.2, 0.25) is 0 Å². The van der Waals surface area contributed by atoms with Gasteiger partial charge in [-0.15, -0.1) is 11.3 Å². The lowest BCUT2D eigenvalue weighted by atomic mass is 9.80. The van der Waals surface area contributed by atoms with Gasteiger partial charge in [-0.2, -0.15) is 0 Å². The van der Waals surface area contributed by atoms with Gasteiger partial charge in [-0.1, -0.05) is 6.92 Å². The number of aryl methyl sites for hydroxylation is 1. The van der Waals surface area contributed by atoms with Crippen LogP contribution in [0, 0.1) is 5.41 Å². The Morgan fingerprint density at radius 3 is 2.48 bits per heavy atom. The number of rotatable bonds is 4. The van der Waals surface area contributed by atoms with Gasteiger partial charge in [0.05, 0.1) is 12.0 Å². The molecule has 2 heterocycles. The molecule has 0 atom stereocenters. The second kappa shape index (κ2) is 6.47. The Labute approximate surface area is 129 Å². The highest BCUT2D eigenvalue weighted by Gasteiger charge is 2.37. The molecular weight excluding hydrogens is 288 g/mol. The third kappa shape index (κ3) is 3.75. The SMILES string of the molecule is CCc1ccc(CNC(=O)N2CCC(C)(C(=O)O)CC2)s1. The molecule has 1 aromatic heterocycles. The van der Waals surface area contributed by atoms with E-state index < -0.39 is 11.4 Å². The van der Waals surface area contributed by atoms with Crippen LogP contribution in [-0.4, -0.2) is 35.1 Å². The third-order valence-electron chi connectivity index (χ3n) is 4.15. The Kier molecular flexibility index (Phi) is 4.88. The number of nitrogens with zero attached hydrogens (tertiary/aromatic N) is 1. The third-order valence-corrected chi connectivity index (χ3v) is 5.38. The molecular formula is C15H22N2O3S. The number of carbonyl (C=O) groups excluding carboxylic acids is 1. The van der Waals surface area contributed by atoms with E-state index in [1.165, 1.54) is 4.88 Å². The molecule has 6 heteroatoms. The standard InChI is InChI=1S/C15H22N2O3S/c1-3-11-4-5-12(21-11)10-16-14(20)17-8-6-15(2,7-9-17)13(18)19/h4-5H,3,6-10H2,1-2H3,(H,16,20)(H,18,19). The first-order valence-corrected chi connectivity index (χ1v) is 8.10. The van der Waals surface area contributed by atoms with Gasteiger partial charge in [0.1, 0.15) is 0 Å². The van der Waals surface area contributed by atoms with Crippen LogP contribution in [0.4, 0.5) is 4.79 Å². The Morgan fingerprint density at radius 2 is 1.95 bits per heavy atom. The lowest BCUT2D eigenvalue weighted by molar-refractivity contribution is -0.150. The Bertz CT molecular complexity index is 519. The van der Waals surface area contributed by atoms with Gasteiger partial charge in [-0.25, -0.2) is 4.79 Å².